The summed E-state index contributed by atoms with van der Waals surface area (Å²) in [4.78, 5) is 11.4. The zero-order chi connectivity index (χ0) is 13.1. The SMILES string of the molecule is CCOC(=O)/C=C1\CCOc2c1ccc(Br)c2F. The van der Waals surface area contributed by atoms with Crippen molar-refractivity contribution in [3.8, 4) is 5.75 Å². The predicted molar refractivity (Wildman–Crippen MR) is 68.8 cm³/mol. The van der Waals surface area contributed by atoms with E-state index in [1.165, 1.54) is 6.08 Å². The summed E-state index contributed by atoms with van der Waals surface area (Å²) in [6.07, 6.45) is 1.96. The van der Waals surface area contributed by atoms with Crippen molar-refractivity contribution in [1.29, 1.82) is 0 Å². The molecule has 1 aromatic rings. The van der Waals surface area contributed by atoms with Gasteiger partial charge in [0, 0.05) is 18.1 Å². The highest BCUT2D eigenvalue weighted by molar-refractivity contribution is 9.10. The highest BCUT2D eigenvalue weighted by atomic mass is 79.9. The molecule has 5 heteroatoms. The third kappa shape index (κ3) is 2.56. The number of fused-ring (bicyclic) bond motifs is 1. The van der Waals surface area contributed by atoms with Crippen LogP contribution in [0.3, 0.4) is 0 Å². The van der Waals surface area contributed by atoms with E-state index in [0.717, 1.165) is 5.57 Å². The fourth-order valence-corrected chi connectivity index (χ4v) is 2.11. The molecule has 1 aliphatic rings. The number of hydrogen-bond acceptors (Lipinski definition) is 3. The number of carbonyl (C=O) groups excluding carboxylic acids is 1. The van der Waals surface area contributed by atoms with E-state index in [9.17, 15) is 9.18 Å². The summed E-state index contributed by atoms with van der Waals surface area (Å²) in [6, 6.07) is 3.33. The fourth-order valence-electron chi connectivity index (χ4n) is 1.80. The van der Waals surface area contributed by atoms with Crippen LogP contribution in [0.1, 0.15) is 18.9 Å². The van der Waals surface area contributed by atoms with Gasteiger partial charge in [0.2, 0.25) is 0 Å². The number of halogens is 2. The van der Waals surface area contributed by atoms with Gasteiger partial charge in [-0.3, -0.25) is 0 Å². The van der Waals surface area contributed by atoms with Gasteiger partial charge in [0.05, 0.1) is 17.7 Å². The van der Waals surface area contributed by atoms with Crippen LogP contribution in [-0.2, 0) is 9.53 Å². The Kier molecular flexibility index (Phi) is 4.01. The fraction of sp³-hybridized carbons (Fsp3) is 0.308. The van der Waals surface area contributed by atoms with Crippen LogP contribution in [-0.4, -0.2) is 19.2 Å². The Morgan fingerprint density at radius 2 is 2.39 bits per heavy atom. The number of esters is 1. The van der Waals surface area contributed by atoms with Crippen molar-refractivity contribution in [2.45, 2.75) is 13.3 Å². The maximum absolute atomic E-state index is 13.8. The van der Waals surface area contributed by atoms with Gasteiger partial charge in [0.1, 0.15) is 0 Å². The van der Waals surface area contributed by atoms with Crippen LogP contribution >= 0.6 is 15.9 Å². The van der Waals surface area contributed by atoms with Crippen molar-refractivity contribution in [2.75, 3.05) is 13.2 Å². The summed E-state index contributed by atoms with van der Waals surface area (Å²) >= 11 is 3.10. The molecule has 96 valence electrons. The summed E-state index contributed by atoms with van der Waals surface area (Å²) in [7, 11) is 0. The molecular formula is C13H12BrFO3. The van der Waals surface area contributed by atoms with Gasteiger partial charge >= 0.3 is 5.97 Å². The number of carbonyl (C=O) groups is 1. The van der Waals surface area contributed by atoms with Crippen LogP contribution in [0.4, 0.5) is 4.39 Å². The van der Waals surface area contributed by atoms with E-state index in [1.54, 1.807) is 19.1 Å². The molecule has 0 amide bonds. The Morgan fingerprint density at radius 3 is 3.11 bits per heavy atom. The summed E-state index contributed by atoms with van der Waals surface area (Å²) in [5.74, 6) is -0.670. The lowest BCUT2D eigenvalue weighted by Gasteiger charge is -2.20. The van der Waals surface area contributed by atoms with Crippen LogP contribution in [0.5, 0.6) is 5.75 Å². The van der Waals surface area contributed by atoms with Crippen molar-refractivity contribution in [2.24, 2.45) is 0 Å². The molecule has 0 atom stereocenters. The van der Waals surface area contributed by atoms with Gasteiger partial charge < -0.3 is 9.47 Å². The first kappa shape index (κ1) is 13.1. The molecule has 1 aromatic carbocycles. The Bertz CT molecular complexity index is 511. The van der Waals surface area contributed by atoms with E-state index in [4.69, 9.17) is 9.47 Å². The summed E-state index contributed by atoms with van der Waals surface area (Å²) < 4.78 is 24.3. The van der Waals surface area contributed by atoms with Gasteiger partial charge in [-0.05, 0) is 40.6 Å². The van der Waals surface area contributed by atoms with E-state index >= 15 is 0 Å². The maximum atomic E-state index is 13.8. The predicted octanol–water partition coefficient (Wildman–Crippen LogP) is 3.32. The van der Waals surface area contributed by atoms with Crippen LogP contribution in [0, 0.1) is 5.82 Å². The minimum atomic E-state index is -0.443. The molecule has 0 aromatic heterocycles. The molecule has 0 fully saturated rings. The third-order valence-corrected chi connectivity index (χ3v) is 3.20. The highest BCUT2D eigenvalue weighted by Gasteiger charge is 2.21. The Labute approximate surface area is 113 Å². The van der Waals surface area contributed by atoms with Crippen molar-refractivity contribution >= 4 is 27.5 Å². The summed E-state index contributed by atoms with van der Waals surface area (Å²) in [5, 5.41) is 0. The van der Waals surface area contributed by atoms with E-state index < -0.39 is 11.8 Å². The minimum Gasteiger partial charge on any atom is -0.489 e. The Morgan fingerprint density at radius 1 is 1.61 bits per heavy atom. The van der Waals surface area contributed by atoms with Gasteiger partial charge in [-0.15, -0.1) is 0 Å². The molecule has 0 saturated carbocycles. The molecule has 0 aliphatic carbocycles. The zero-order valence-electron chi connectivity index (χ0n) is 9.83. The number of hydrogen-bond donors (Lipinski definition) is 0. The minimum absolute atomic E-state index is 0.186. The molecule has 1 aliphatic heterocycles. The van der Waals surface area contributed by atoms with Crippen LogP contribution < -0.4 is 4.74 Å². The van der Waals surface area contributed by atoms with E-state index in [0.29, 0.717) is 29.7 Å². The second-order valence-electron chi connectivity index (χ2n) is 3.76. The van der Waals surface area contributed by atoms with Gasteiger partial charge in [-0.25, -0.2) is 9.18 Å². The Balaban J connectivity index is 2.40. The van der Waals surface area contributed by atoms with Crippen molar-refractivity contribution in [3.05, 3.63) is 34.1 Å². The summed E-state index contributed by atoms with van der Waals surface area (Å²) in [5.41, 5.74) is 1.34. The molecule has 3 nitrogen and oxygen atoms in total. The molecular weight excluding hydrogens is 303 g/mol. The lowest BCUT2D eigenvalue weighted by Crippen LogP contribution is -2.11. The molecule has 0 saturated heterocycles. The summed E-state index contributed by atoms with van der Waals surface area (Å²) in [6.45, 7) is 2.41. The first-order chi connectivity index (χ1) is 8.63. The third-order valence-electron chi connectivity index (χ3n) is 2.59. The van der Waals surface area contributed by atoms with E-state index in [-0.39, 0.29) is 5.75 Å². The van der Waals surface area contributed by atoms with Crippen LogP contribution in [0.25, 0.3) is 5.57 Å². The van der Waals surface area contributed by atoms with E-state index in [1.807, 2.05) is 0 Å². The number of benzene rings is 1. The highest BCUT2D eigenvalue weighted by Crippen LogP contribution is 2.37. The van der Waals surface area contributed by atoms with Crippen molar-refractivity contribution in [1.82, 2.24) is 0 Å². The quantitative estimate of drug-likeness (QED) is 0.620. The molecule has 0 bridgehead atoms. The second-order valence-corrected chi connectivity index (χ2v) is 4.61. The Hall–Kier alpha value is -1.36. The standard InChI is InChI=1S/C13H12BrFO3/c1-2-17-11(16)7-8-5-6-18-13-9(8)3-4-10(14)12(13)15/h3-4,7H,2,5-6H2,1H3/b8-7+. The van der Waals surface area contributed by atoms with Gasteiger partial charge in [-0.1, -0.05) is 0 Å². The van der Waals surface area contributed by atoms with E-state index in [2.05, 4.69) is 15.9 Å². The molecule has 18 heavy (non-hydrogen) atoms. The molecule has 1 heterocycles. The van der Waals surface area contributed by atoms with Gasteiger partial charge in [0.25, 0.3) is 0 Å². The lowest BCUT2D eigenvalue weighted by atomic mass is 9.99. The first-order valence-electron chi connectivity index (χ1n) is 5.62. The van der Waals surface area contributed by atoms with Crippen molar-refractivity contribution < 1.29 is 18.7 Å². The number of ether oxygens (including phenoxy) is 2. The average Bonchev–Trinajstić information content (AvgIpc) is 2.35. The molecule has 0 radical (unpaired) electrons. The largest absolute Gasteiger partial charge is 0.489 e. The topological polar surface area (TPSA) is 35.5 Å². The average molecular weight is 315 g/mol. The first-order valence-corrected chi connectivity index (χ1v) is 6.41. The van der Waals surface area contributed by atoms with Crippen LogP contribution in [0.15, 0.2) is 22.7 Å². The smallest absolute Gasteiger partial charge is 0.331 e. The monoisotopic (exact) mass is 314 g/mol. The van der Waals surface area contributed by atoms with Gasteiger partial charge in [0.15, 0.2) is 11.6 Å². The zero-order valence-corrected chi connectivity index (χ0v) is 11.4. The molecule has 0 N–H and O–H groups in total. The normalized spacial score (nSPS) is 16.1. The second kappa shape index (κ2) is 5.52. The maximum Gasteiger partial charge on any atom is 0.331 e. The molecule has 0 spiro atoms. The van der Waals surface area contributed by atoms with Crippen molar-refractivity contribution in [3.63, 3.8) is 0 Å². The van der Waals surface area contributed by atoms with Gasteiger partial charge in [-0.2, -0.15) is 0 Å². The van der Waals surface area contributed by atoms with Crippen LogP contribution in [0.2, 0.25) is 0 Å². The molecule has 2 rings (SSSR count). The lowest BCUT2D eigenvalue weighted by molar-refractivity contribution is -0.137. The number of rotatable bonds is 2. The molecule has 0 unspecified atom stereocenters.